The van der Waals surface area contributed by atoms with Crippen LogP contribution in [0, 0.1) is 12.7 Å². The van der Waals surface area contributed by atoms with Gasteiger partial charge in [-0.2, -0.15) is 9.78 Å². The van der Waals surface area contributed by atoms with Gasteiger partial charge in [-0.3, -0.25) is 9.59 Å². The van der Waals surface area contributed by atoms with E-state index in [-0.39, 0.29) is 17.2 Å². The van der Waals surface area contributed by atoms with Crippen molar-refractivity contribution in [3.8, 4) is 5.69 Å². The van der Waals surface area contributed by atoms with Crippen LogP contribution in [0.15, 0.2) is 77.4 Å². The number of aromatic nitrogens is 2. The lowest BCUT2D eigenvalue weighted by Crippen LogP contribution is -2.44. The van der Waals surface area contributed by atoms with Crippen molar-refractivity contribution in [3.05, 3.63) is 99.9 Å². The molecule has 2 heterocycles. The third kappa shape index (κ3) is 4.13. The lowest BCUT2D eigenvalue weighted by molar-refractivity contribution is -0.113. The van der Waals surface area contributed by atoms with Gasteiger partial charge in [0.2, 0.25) is 0 Å². The van der Waals surface area contributed by atoms with E-state index in [4.69, 9.17) is 0 Å². The van der Waals surface area contributed by atoms with Crippen molar-refractivity contribution in [1.82, 2.24) is 20.0 Å². The number of carbonyl (C=O) groups excluding carboxylic acids is 2. The van der Waals surface area contributed by atoms with Gasteiger partial charge in [0, 0.05) is 31.2 Å². The van der Waals surface area contributed by atoms with Gasteiger partial charge < -0.3 is 15.5 Å². The van der Waals surface area contributed by atoms with Crippen molar-refractivity contribution in [2.75, 3.05) is 12.4 Å². The fourth-order valence-electron chi connectivity index (χ4n) is 3.38. The van der Waals surface area contributed by atoms with E-state index in [1.54, 1.807) is 24.3 Å². The number of hydrogen-bond donors (Lipinski definition) is 2. The third-order valence-electron chi connectivity index (χ3n) is 5.13. The standard InChI is InChI=1S/C23H20FN5O3/c1-14-5-10-17(29-20(30)4-3-11-25-29)12-19(14)26-22(31)18-13-28(2)23(32)27-21(18)15-6-8-16(24)9-7-15/h3-13,21H,1-2H3,(H,26,31)(H,27,32)/t21-/m0/s1. The highest BCUT2D eigenvalue weighted by atomic mass is 19.1. The van der Waals surface area contributed by atoms with Gasteiger partial charge >= 0.3 is 6.03 Å². The molecule has 1 aromatic heterocycles. The summed E-state index contributed by atoms with van der Waals surface area (Å²) in [7, 11) is 1.53. The molecule has 0 fully saturated rings. The van der Waals surface area contributed by atoms with Crippen LogP contribution in [-0.2, 0) is 4.79 Å². The topological polar surface area (TPSA) is 96.3 Å². The number of anilines is 1. The monoisotopic (exact) mass is 433 g/mol. The number of benzene rings is 2. The Morgan fingerprint density at radius 3 is 2.59 bits per heavy atom. The zero-order valence-corrected chi connectivity index (χ0v) is 17.4. The minimum Gasteiger partial charge on any atom is -0.327 e. The molecule has 3 amide bonds. The van der Waals surface area contributed by atoms with Gasteiger partial charge in [0.1, 0.15) is 5.82 Å². The predicted molar refractivity (Wildman–Crippen MR) is 117 cm³/mol. The summed E-state index contributed by atoms with van der Waals surface area (Å²) in [6.45, 7) is 1.82. The largest absolute Gasteiger partial charge is 0.327 e. The summed E-state index contributed by atoms with van der Waals surface area (Å²) in [4.78, 5) is 38.8. The zero-order valence-electron chi connectivity index (χ0n) is 17.4. The molecule has 0 saturated heterocycles. The summed E-state index contributed by atoms with van der Waals surface area (Å²) in [6, 6.07) is 12.5. The SMILES string of the molecule is Cc1ccc(-n2ncccc2=O)cc1NC(=O)C1=CN(C)C(=O)N[C@H]1c1ccc(F)cc1. The first-order valence-electron chi connectivity index (χ1n) is 9.81. The number of nitrogens with one attached hydrogen (secondary N) is 2. The number of aryl methyl sites for hydroxylation is 1. The number of amides is 3. The fourth-order valence-corrected chi connectivity index (χ4v) is 3.38. The highest BCUT2D eigenvalue weighted by Gasteiger charge is 2.30. The Morgan fingerprint density at radius 1 is 1.12 bits per heavy atom. The van der Waals surface area contributed by atoms with Crippen molar-refractivity contribution in [2.45, 2.75) is 13.0 Å². The van der Waals surface area contributed by atoms with Crippen molar-refractivity contribution < 1.29 is 14.0 Å². The van der Waals surface area contributed by atoms with Gasteiger partial charge in [0.05, 0.1) is 17.3 Å². The summed E-state index contributed by atoms with van der Waals surface area (Å²) < 4.78 is 14.6. The molecule has 32 heavy (non-hydrogen) atoms. The molecule has 8 nitrogen and oxygen atoms in total. The Morgan fingerprint density at radius 2 is 1.88 bits per heavy atom. The third-order valence-corrected chi connectivity index (χ3v) is 5.13. The lowest BCUT2D eigenvalue weighted by Gasteiger charge is -2.30. The van der Waals surface area contributed by atoms with Gasteiger partial charge in [0.15, 0.2) is 0 Å². The molecule has 3 aromatic rings. The van der Waals surface area contributed by atoms with Crippen LogP contribution in [0.3, 0.4) is 0 Å². The first-order chi connectivity index (χ1) is 15.3. The number of rotatable bonds is 4. The molecule has 1 atom stereocenters. The quantitative estimate of drug-likeness (QED) is 0.661. The number of carbonyl (C=O) groups is 2. The van der Waals surface area contributed by atoms with Crippen molar-refractivity contribution >= 4 is 17.6 Å². The number of urea groups is 1. The lowest BCUT2D eigenvalue weighted by atomic mass is 9.97. The summed E-state index contributed by atoms with van der Waals surface area (Å²) in [5, 5.41) is 9.67. The smallest absolute Gasteiger partial charge is 0.321 e. The maximum atomic E-state index is 13.4. The molecular formula is C23H20FN5O3. The summed E-state index contributed by atoms with van der Waals surface area (Å²) in [5.41, 5.74) is 2.30. The van der Waals surface area contributed by atoms with Crippen LogP contribution >= 0.6 is 0 Å². The number of hydrogen-bond acceptors (Lipinski definition) is 4. The van der Waals surface area contributed by atoms with Crippen LogP contribution in [0.25, 0.3) is 5.69 Å². The van der Waals surface area contributed by atoms with E-state index in [0.29, 0.717) is 16.9 Å². The minimum absolute atomic E-state index is 0.276. The van der Waals surface area contributed by atoms with E-state index < -0.39 is 17.8 Å². The molecule has 0 saturated carbocycles. The van der Waals surface area contributed by atoms with E-state index in [1.807, 2.05) is 6.92 Å². The number of nitrogens with zero attached hydrogens (tertiary/aromatic N) is 3. The molecule has 2 N–H and O–H groups in total. The Balaban J connectivity index is 1.67. The van der Waals surface area contributed by atoms with Crippen molar-refractivity contribution in [2.24, 2.45) is 0 Å². The first-order valence-corrected chi connectivity index (χ1v) is 9.81. The predicted octanol–water partition coefficient (Wildman–Crippen LogP) is 2.90. The molecule has 0 radical (unpaired) electrons. The van der Waals surface area contributed by atoms with E-state index in [0.717, 1.165) is 5.56 Å². The molecular weight excluding hydrogens is 413 g/mol. The van der Waals surface area contributed by atoms with E-state index in [2.05, 4.69) is 15.7 Å². The molecule has 1 aliphatic heterocycles. The van der Waals surface area contributed by atoms with Crippen LogP contribution in [0.2, 0.25) is 0 Å². The molecule has 162 valence electrons. The molecule has 0 unspecified atom stereocenters. The summed E-state index contributed by atoms with van der Waals surface area (Å²) in [5.74, 6) is -0.861. The Bertz CT molecular complexity index is 1280. The van der Waals surface area contributed by atoms with Crippen molar-refractivity contribution in [1.29, 1.82) is 0 Å². The van der Waals surface area contributed by atoms with Crippen LogP contribution in [0.4, 0.5) is 14.9 Å². The molecule has 0 aliphatic carbocycles. The summed E-state index contributed by atoms with van der Waals surface area (Å²) in [6.07, 6.45) is 2.95. The molecule has 1 aliphatic rings. The van der Waals surface area contributed by atoms with Crippen LogP contribution in [0.5, 0.6) is 0 Å². The summed E-state index contributed by atoms with van der Waals surface area (Å²) >= 11 is 0. The van der Waals surface area contributed by atoms with E-state index >= 15 is 0 Å². The number of halogens is 1. The molecule has 0 bridgehead atoms. The van der Waals surface area contributed by atoms with Gasteiger partial charge in [-0.15, -0.1) is 0 Å². The molecule has 4 rings (SSSR count). The van der Waals surface area contributed by atoms with Gasteiger partial charge in [-0.25, -0.2) is 9.18 Å². The molecule has 0 spiro atoms. The molecule has 2 aromatic carbocycles. The van der Waals surface area contributed by atoms with Gasteiger partial charge in [-0.1, -0.05) is 18.2 Å². The van der Waals surface area contributed by atoms with Gasteiger partial charge in [0.25, 0.3) is 11.5 Å². The Labute approximate surface area is 183 Å². The van der Waals surface area contributed by atoms with Crippen LogP contribution < -0.4 is 16.2 Å². The van der Waals surface area contributed by atoms with Crippen molar-refractivity contribution in [3.63, 3.8) is 0 Å². The Kier molecular flexibility index (Phi) is 5.55. The zero-order chi connectivity index (χ0) is 22.8. The minimum atomic E-state index is -0.749. The molecule has 9 heteroatoms. The second kappa shape index (κ2) is 8.46. The van der Waals surface area contributed by atoms with Crippen LogP contribution in [0.1, 0.15) is 17.2 Å². The second-order valence-electron chi connectivity index (χ2n) is 7.36. The average Bonchev–Trinajstić information content (AvgIpc) is 2.78. The fraction of sp³-hybridized carbons (Fsp3) is 0.130. The van der Waals surface area contributed by atoms with E-state index in [1.165, 1.54) is 59.4 Å². The van der Waals surface area contributed by atoms with E-state index in [9.17, 15) is 18.8 Å². The second-order valence-corrected chi connectivity index (χ2v) is 7.36. The normalized spacial score (nSPS) is 15.7. The maximum Gasteiger partial charge on any atom is 0.321 e. The van der Waals surface area contributed by atoms with Crippen LogP contribution in [-0.4, -0.2) is 33.7 Å². The highest BCUT2D eigenvalue weighted by molar-refractivity contribution is 6.06. The highest BCUT2D eigenvalue weighted by Crippen LogP contribution is 2.28. The Hall–Kier alpha value is -4.27. The maximum absolute atomic E-state index is 13.4. The first kappa shape index (κ1) is 21.0. The van der Waals surface area contributed by atoms with Gasteiger partial charge in [-0.05, 0) is 48.4 Å². The average molecular weight is 433 g/mol.